The highest BCUT2D eigenvalue weighted by molar-refractivity contribution is 5.69. The van der Waals surface area contributed by atoms with Crippen molar-refractivity contribution in [3.8, 4) is 6.07 Å². The molecule has 0 fully saturated rings. The Labute approximate surface area is 168 Å². The van der Waals surface area contributed by atoms with E-state index in [0.717, 1.165) is 16.7 Å². The van der Waals surface area contributed by atoms with Crippen LogP contribution in [0.15, 0.2) is 36.4 Å². The number of nitro benzene ring substituents is 1. The van der Waals surface area contributed by atoms with Crippen LogP contribution in [0.1, 0.15) is 43.0 Å². The fraction of sp³-hybridized carbons (Fsp3) is 0.333. The third kappa shape index (κ3) is 4.82. The molecule has 0 unspecified atom stereocenters. The predicted octanol–water partition coefficient (Wildman–Crippen LogP) is 4.33. The molecule has 1 aliphatic heterocycles. The Morgan fingerprint density at radius 3 is 2.62 bits per heavy atom. The van der Waals surface area contributed by atoms with Gasteiger partial charge in [-0.3, -0.25) is 15.0 Å². The van der Waals surface area contributed by atoms with Crippen LogP contribution in [0.3, 0.4) is 0 Å². The summed E-state index contributed by atoms with van der Waals surface area (Å²) in [6.07, 6.45) is -0.350. The minimum atomic E-state index is -0.548. The molecule has 0 spiro atoms. The van der Waals surface area contributed by atoms with E-state index < -0.39 is 10.5 Å². The second-order valence-electron chi connectivity index (χ2n) is 7.89. The number of fused-ring (bicyclic) bond motifs is 1. The zero-order valence-corrected chi connectivity index (χ0v) is 16.6. The van der Waals surface area contributed by atoms with Crippen LogP contribution in [0.2, 0.25) is 0 Å². The summed E-state index contributed by atoms with van der Waals surface area (Å²) in [5.74, 6) is 0. The normalized spacial score (nSPS) is 12.8. The number of rotatable bonds is 4. The van der Waals surface area contributed by atoms with Gasteiger partial charge in [0.05, 0.1) is 16.6 Å². The van der Waals surface area contributed by atoms with Gasteiger partial charge in [-0.2, -0.15) is 5.26 Å². The van der Waals surface area contributed by atoms with Crippen LogP contribution in [0.5, 0.6) is 0 Å². The number of nitriles is 1. The second-order valence-corrected chi connectivity index (χ2v) is 7.89. The number of nitro groups is 1. The lowest BCUT2D eigenvalue weighted by atomic mass is 10.1. The van der Waals surface area contributed by atoms with E-state index in [-0.39, 0.29) is 11.8 Å². The molecule has 8 heteroatoms. The number of nitrogens with one attached hydrogen (secondary N) is 1. The van der Waals surface area contributed by atoms with Crippen molar-refractivity contribution in [2.45, 2.75) is 46.0 Å². The maximum Gasteiger partial charge on any atom is 0.410 e. The minimum absolute atomic E-state index is 0.0822. The summed E-state index contributed by atoms with van der Waals surface area (Å²) in [5, 5.41) is 23.3. The van der Waals surface area contributed by atoms with Gasteiger partial charge < -0.3 is 10.1 Å². The average molecular weight is 394 g/mol. The van der Waals surface area contributed by atoms with Gasteiger partial charge in [-0.1, -0.05) is 18.2 Å². The van der Waals surface area contributed by atoms with E-state index in [1.807, 2.05) is 45.0 Å². The van der Waals surface area contributed by atoms with Gasteiger partial charge in [0.25, 0.3) is 5.69 Å². The number of nitrogens with zero attached hydrogens (tertiary/aromatic N) is 3. The highest BCUT2D eigenvalue weighted by Gasteiger charge is 2.27. The summed E-state index contributed by atoms with van der Waals surface area (Å²) in [6, 6.07) is 12.1. The molecular formula is C21H22N4O4. The smallest absolute Gasteiger partial charge is 0.410 e. The molecule has 8 nitrogen and oxygen atoms in total. The van der Waals surface area contributed by atoms with E-state index in [0.29, 0.717) is 30.9 Å². The van der Waals surface area contributed by atoms with Gasteiger partial charge in [0, 0.05) is 25.7 Å². The van der Waals surface area contributed by atoms with E-state index in [9.17, 15) is 14.9 Å². The first-order valence-corrected chi connectivity index (χ1v) is 9.17. The fourth-order valence-electron chi connectivity index (χ4n) is 3.12. The van der Waals surface area contributed by atoms with Crippen molar-refractivity contribution in [1.29, 1.82) is 5.26 Å². The zero-order valence-electron chi connectivity index (χ0n) is 16.6. The van der Waals surface area contributed by atoms with Crippen molar-refractivity contribution in [2.24, 2.45) is 0 Å². The van der Waals surface area contributed by atoms with Crippen LogP contribution < -0.4 is 5.32 Å². The number of benzene rings is 2. The van der Waals surface area contributed by atoms with Gasteiger partial charge in [0.15, 0.2) is 0 Å². The van der Waals surface area contributed by atoms with E-state index in [4.69, 9.17) is 10.00 Å². The molecule has 2 aromatic rings. The standard InChI is InChI=1S/C21H22N4O4/c1-21(2,3)29-20(26)24-12-16-6-4-15(8-17(16)13-24)11-23-18-9-14(10-22)5-7-19(18)25(27)28/h4-9,23H,11-13H2,1-3H3. The quantitative estimate of drug-likeness (QED) is 0.611. The topological polar surface area (TPSA) is 108 Å². The molecule has 1 aliphatic rings. The van der Waals surface area contributed by atoms with Crippen LogP contribution >= 0.6 is 0 Å². The molecule has 29 heavy (non-hydrogen) atoms. The van der Waals surface area contributed by atoms with Crippen molar-refractivity contribution >= 4 is 17.5 Å². The monoisotopic (exact) mass is 394 g/mol. The highest BCUT2D eigenvalue weighted by atomic mass is 16.6. The number of carbonyl (C=O) groups is 1. The second kappa shape index (κ2) is 7.80. The van der Waals surface area contributed by atoms with Crippen LogP contribution in [-0.4, -0.2) is 21.5 Å². The number of hydrogen-bond donors (Lipinski definition) is 1. The molecule has 0 saturated carbocycles. The van der Waals surface area contributed by atoms with Gasteiger partial charge in [0.2, 0.25) is 0 Å². The Kier molecular flexibility index (Phi) is 5.41. The third-order valence-corrected chi connectivity index (χ3v) is 4.45. The molecular weight excluding hydrogens is 372 g/mol. The Bertz CT molecular complexity index is 1000. The summed E-state index contributed by atoms with van der Waals surface area (Å²) >= 11 is 0. The fourth-order valence-corrected chi connectivity index (χ4v) is 3.12. The van der Waals surface area contributed by atoms with E-state index in [1.165, 1.54) is 18.2 Å². The number of anilines is 1. The molecule has 3 rings (SSSR count). The molecule has 1 amide bonds. The Morgan fingerprint density at radius 2 is 1.97 bits per heavy atom. The molecule has 0 aliphatic carbocycles. The van der Waals surface area contributed by atoms with Gasteiger partial charge in [-0.15, -0.1) is 0 Å². The van der Waals surface area contributed by atoms with Gasteiger partial charge >= 0.3 is 6.09 Å². The van der Waals surface area contributed by atoms with Gasteiger partial charge in [-0.25, -0.2) is 4.79 Å². The summed E-state index contributed by atoms with van der Waals surface area (Å²) in [5.41, 5.74) is 3.01. The first-order valence-electron chi connectivity index (χ1n) is 9.17. The number of hydrogen-bond acceptors (Lipinski definition) is 6. The van der Waals surface area contributed by atoms with Crippen molar-refractivity contribution in [2.75, 3.05) is 5.32 Å². The Balaban J connectivity index is 1.71. The molecule has 0 radical (unpaired) electrons. The molecule has 0 saturated heterocycles. The Morgan fingerprint density at radius 1 is 1.24 bits per heavy atom. The molecule has 1 N–H and O–H groups in total. The summed E-state index contributed by atoms with van der Waals surface area (Å²) in [4.78, 5) is 24.7. The molecule has 0 atom stereocenters. The summed E-state index contributed by atoms with van der Waals surface area (Å²) in [7, 11) is 0. The molecule has 0 bridgehead atoms. The van der Waals surface area contributed by atoms with Crippen molar-refractivity contribution in [3.63, 3.8) is 0 Å². The van der Waals surface area contributed by atoms with Crippen molar-refractivity contribution in [1.82, 2.24) is 4.90 Å². The van der Waals surface area contributed by atoms with Crippen LogP contribution in [0.25, 0.3) is 0 Å². The largest absolute Gasteiger partial charge is 0.444 e. The molecule has 0 aromatic heterocycles. The lowest BCUT2D eigenvalue weighted by Crippen LogP contribution is -2.33. The Hall–Kier alpha value is -3.60. The van der Waals surface area contributed by atoms with E-state index in [2.05, 4.69) is 5.32 Å². The number of ether oxygens (including phenoxy) is 1. The lowest BCUT2D eigenvalue weighted by molar-refractivity contribution is -0.384. The van der Waals surface area contributed by atoms with Crippen LogP contribution in [-0.2, 0) is 24.4 Å². The summed E-state index contributed by atoms with van der Waals surface area (Å²) < 4.78 is 5.43. The first kappa shape index (κ1) is 20.1. The minimum Gasteiger partial charge on any atom is -0.444 e. The maximum absolute atomic E-state index is 12.3. The van der Waals surface area contributed by atoms with Crippen molar-refractivity contribution < 1.29 is 14.5 Å². The molecule has 2 aromatic carbocycles. The lowest BCUT2D eigenvalue weighted by Gasteiger charge is -2.24. The van der Waals surface area contributed by atoms with Crippen LogP contribution in [0, 0.1) is 21.4 Å². The molecule has 1 heterocycles. The SMILES string of the molecule is CC(C)(C)OC(=O)N1Cc2ccc(CNc3cc(C#N)ccc3[N+](=O)[O-])cc2C1. The van der Waals surface area contributed by atoms with Crippen LogP contribution in [0.4, 0.5) is 16.2 Å². The number of amides is 1. The summed E-state index contributed by atoms with van der Waals surface area (Å²) in [6.45, 7) is 6.81. The van der Waals surface area contributed by atoms with Gasteiger partial charge in [0.1, 0.15) is 11.3 Å². The van der Waals surface area contributed by atoms with E-state index in [1.54, 1.807) is 4.90 Å². The average Bonchev–Trinajstić information content (AvgIpc) is 3.08. The zero-order chi connectivity index (χ0) is 21.2. The number of carbonyl (C=O) groups excluding carboxylic acids is 1. The predicted molar refractivity (Wildman–Crippen MR) is 107 cm³/mol. The first-order chi connectivity index (χ1) is 13.7. The highest BCUT2D eigenvalue weighted by Crippen LogP contribution is 2.28. The third-order valence-electron chi connectivity index (χ3n) is 4.45. The van der Waals surface area contributed by atoms with Crippen molar-refractivity contribution in [3.05, 3.63) is 68.8 Å². The maximum atomic E-state index is 12.3. The van der Waals surface area contributed by atoms with E-state index >= 15 is 0 Å². The van der Waals surface area contributed by atoms with Gasteiger partial charge in [-0.05, 0) is 49.6 Å². The molecule has 150 valence electrons.